The third kappa shape index (κ3) is 4.98. The molecular weight excluding hydrogens is 354 g/mol. The van der Waals surface area contributed by atoms with Gasteiger partial charge < -0.3 is 14.8 Å². The molecule has 0 heterocycles. The lowest BCUT2D eigenvalue weighted by molar-refractivity contribution is 0.0600. The Bertz CT molecular complexity index is 936. The summed E-state index contributed by atoms with van der Waals surface area (Å²) in [6.45, 7) is 0.662. The number of hydrogen-bond donors (Lipinski definition) is 1. The van der Waals surface area contributed by atoms with Crippen LogP contribution in [0.5, 0.6) is 5.75 Å². The van der Waals surface area contributed by atoms with Gasteiger partial charge in [0.2, 0.25) is 0 Å². The minimum Gasteiger partial charge on any atom is -0.489 e. The molecule has 0 spiro atoms. The fourth-order valence-corrected chi connectivity index (χ4v) is 2.70. The number of benzene rings is 3. The van der Waals surface area contributed by atoms with Crippen LogP contribution in [0.25, 0.3) is 0 Å². The summed E-state index contributed by atoms with van der Waals surface area (Å²) in [4.78, 5) is 24.1. The van der Waals surface area contributed by atoms with Gasteiger partial charge in [-0.2, -0.15) is 0 Å². The number of carbonyl (C=O) groups is 2. The molecule has 142 valence electrons. The van der Waals surface area contributed by atoms with E-state index in [2.05, 4.69) is 10.1 Å². The van der Waals surface area contributed by atoms with Crippen molar-refractivity contribution < 1.29 is 19.1 Å². The van der Waals surface area contributed by atoms with E-state index in [1.54, 1.807) is 30.3 Å². The van der Waals surface area contributed by atoms with Crippen molar-refractivity contribution in [2.75, 3.05) is 7.11 Å². The molecule has 0 bridgehead atoms. The van der Waals surface area contributed by atoms with Crippen LogP contribution in [0.2, 0.25) is 0 Å². The van der Waals surface area contributed by atoms with Crippen molar-refractivity contribution in [2.45, 2.75) is 13.2 Å². The van der Waals surface area contributed by atoms with Gasteiger partial charge in [0.15, 0.2) is 0 Å². The molecule has 3 rings (SSSR count). The highest BCUT2D eigenvalue weighted by Crippen LogP contribution is 2.15. The van der Waals surface area contributed by atoms with Crippen LogP contribution in [0.3, 0.4) is 0 Å². The van der Waals surface area contributed by atoms with Crippen LogP contribution in [-0.4, -0.2) is 19.0 Å². The lowest BCUT2D eigenvalue weighted by atomic mass is 10.1. The summed E-state index contributed by atoms with van der Waals surface area (Å²) < 4.78 is 10.4. The fourth-order valence-electron chi connectivity index (χ4n) is 2.70. The van der Waals surface area contributed by atoms with Crippen molar-refractivity contribution >= 4 is 11.9 Å². The average Bonchev–Trinajstić information content (AvgIpc) is 2.76. The van der Waals surface area contributed by atoms with Gasteiger partial charge in [-0.1, -0.05) is 48.5 Å². The van der Waals surface area contributed by atoms with Gasteiger partial charge in [0, 0.05) is 17.7 Å². The van der Waals surface area contributed by atoms with E-state index in [9.17, 15) is 9.59 Å². The minimum atomic E-state index is -0.386. The molecule has 0 aliphatic carbocycles. The molecule has 0 saturated heterocycles. The molecule has 0 radical (unpaired) electrons. The van der Waals surface area contributed by atoms with E-state index < -0.39 is 0 Å². The summed E-state index contributed by atoms with van der Waals surface area (Å²) in [6, 6.07) is 23.8. The number of ether oxygens (including phenoxy) is 2. The number of methoxy groups -OCH3 is 1. The van der Waals surface area contributed by atoms with Gasteiger partial charge in [-0.05, 0) is 35.9 Å². The van der Waals surface area contributed by atoms with E-state index in [-0.39, 0.29) is 11.9 Å². The molecule has 5 nitrogen and oxygen atoms in total. The average molecular weight is 375 g/mol. The first-order valence-corrected chi connectivity index (χ1v) is 8.88. The third-order valence-electron chi connectivity index (χ3n) is 4.23. The standard InChI is InChI=1S/C23H21NO4/c1-27-23(26)18-13-11-17(12-14-18)15-24-22(25)21-10-6-5-7-19(21)16-28-20-8-3-2-4-9-20/h2-14H,15-16H2,1H3,(H,24,25). The Hall–Kier alpha value is -3.60. The fraction of sp³-hybridized carbons (Fsp3) is 0.130. The van der Waals surface area contributed by atoms with Crippen LogP contribution in [-0.2, 0) is 17.9 Å². The van der Waals surface area contributed by atoms with Gasteiger partial charge in [-0.25, -0.2) is 4.79 Å². The lowest BCUT2D eigenvalue weighted by Crippen LogP contribution is -2.24. The first-order valence-electron chi connectivity index (χ1n) is 8.88. The Balaban J connectivity index is 1.62. The molecule has 3 aromatic rings. The molecule has 1 N–H and O–H groups in total. The predicted octanol–water partition coefficient (Wildman–Crippen LogP) is 3.98. The van der Waals surface area contributed by atoms with Crippen molar-refractivity contribution in [1.29, 1.82) is 0 Å². The van der Waals surface area contributed by atoms with Crippen LogP contribution in [0, 0.1) is 0 Å². The Morgan fingerprint density at radius 3 is 2.25 bits per heavy atom. The summed E-state index contributed by atoms with van der Waals surface area (Å²) in [5.74, 6) is 0.190. The molecule has 1 amide bonds. The maximum absolute atomic E-state index is 12.6. The first kappa shape index (κ1) is 19.2. The minimum absolute atomic E-state index is 0.177. The molecule has 28 heavy (non-hydrogen) atoms. The van der Waals surface area contributed by atoms with Gasteiger partial charge in [0.25, 0.3) is 5.91 Å². The van der Waals surface area contributed by atoms with Gasteiger partial charge in [-0.3, -0.25) is 4.79 Å². The number of hydrogen-bond acceptors (Lipinski definition) is 4. The largest absolute Gasteiger partial charge is 0.489 e. The Morgan fingerprint density at radius 2 is 1.54 bits per heavy atom. The zero-order chi connectivity index (χ0) is 19.8. The van der Waals surface area contributed by atoms with Crippen molar-refractivity contribution in [1.82, 2.24) is 5.32 Å². The van der Waals surface area contributed by atoms with Crippen LogP contribution < -0.4 is 10.1 Å². The predicted molar refractivity (Wildman–Crippen MR) is 106 cm³/mol. The highest BCUT2D eigenvalue weighted by atomic mass is 16.5. The van der Waals surface area contributed by atoms with Gasteiger partial charge >= 0.3 is 5.97 Å². The maximum Gasteiger partial charge on any atom is 0.337 e. The van der Waals surface area contributed by atoms with Crippen molar-refractivity contribution in [3.8, 4) is 5.75 Å². The number of para-hydroxylation sites is 1. The summed E-state index contributed by atoms with van der Waals surface area (Å²) in [5, 5.41) is 2.91. The molecule has 0 saturated carbocycles. The molecule has 0 aromatic heterocycles. The second-order valence-corrected chi connectivity index (χ2v) is 6.13. The molecule has 0 aliphatic rings. The Labute approximate surface area is 163 Å². The maximum atomic E-state index is 12.6. The molecule has 0 fully saturated rings. The van der Waals surface area contributed by atoms with E-state index in [1.807, 2.05) is 48.5 Å². The highest BCUT2D eigenvalue weighted by molar-refractivity contribution is 5.95. The number of nitrogens with one attached hydrogen (secondary N) is 1. The van der Waals surface area contributed by atoms with E-state index in [1.165, 1.54) is 7.11 Å². The van der Waals surface area contributed by atoms with Gasteiger partial charge in [0.1, 0.15) is 12.4 Å². The number of esters is 1. The second-order valence-electron chi connectivity index (χ2n) is 6.13. The van der Waals surface area contributed by atoms with Crippen LogP contribution in [0.4, 0.5) is 0 Å². The zero-order valence-corrected chi connectivity index (χ0v) is 15.6. The topological polar surface area (TPSA) is 64.6 Å². The molecule has 5 heteroatoms. The summed E-state index contributed by atoms with van der Waals surface area (Å²) in [7, 11) is 1.34. The van der Waals surface area contributed by atoms with Crippen molar-refractivity contribution in [2.24, 2.45) is 0 Å². The first-order chi connectivity index (χ1) is 13.7. The zero-order valence-electron chi connectivity index (χ0n) is 15.6. The monoisotopic (exact) mass is 375 g/mol. The van der Waals surface area contributed by atoms with E-state index >= 15 is 0 Å². The number of amides is 1. The normalized spacial score (nSPS) is 10.2. The molecule has 0 unspecified atom stereocenters. The van der Waals surface area contributed by atoms with Crippen LogP contribution in [0.15, 0.2) is 78.9 Å². The summed E-state index contributed by atoms with van der Waals surface area (Å²) in [5.41, 5.74) is 2.74. The quantitative estimate of drug-likeness (QED) is 0.635. The molecule has 0 atom stereocenters. The molecular formula is C23H21NO4. The van der Waals surface area contributed by atoms with E-state index in [4.69, 9.17) is 4.74 Å². The molecule has 0 aliphatic heterocycles. The second kappa shape index (κ2) is 9.37. The van der Waals surface area contributed by atoms with Gasteiger partial charge in [0.05, 0.1) is 12.7 Å². The van der Waals surface area contributed by atoms with Crippen LogP contribution >= 0.6 is 0 Å². The Kier molecular flexibility index (Phi) is 6.41. The smallest absolute Gasteiger partial charge is 0.337 e. The summed E-state index contributed by atoms with van der Waals surface area (Å²) in [6.07, 6.45) is 0. The molecule has 3 aromatic carbocycles. The lowest BCUT2D eigenvalue weighted by Gasteiger charge is -2.12. The number of carbonyl (C=O) groups excluding carboxylic acids is 2. The SMILES string of the molecule is COC(=O)c1ccc(CNC(=O)c2ccccc2COc2ccccc2)cc1. The van der Waals surface area contributed by atoms with Crippen molar-refractivity contribution in [3.63, 3.8) is 0 Å². The Morgan fingerprint density at radius 1 is 0.857 bits per heavy atom. The van der Waals surface area contributed by atoms with E-state index in [0.29, 0.717) is 24.3 Å². The van der Waals surface area contributed by atoms with Crippen molar-refractivity contribution in [3.05, 3.63) is 101 Å². The number of rotatable bonds is 7. The highest BCUT2D eigenvalue weighted by Gasteiger charge is 2.11. The van der Waals surface area contributed by atoms with E-state index in [0.717, 1.165) is 16.9 Å². The third-order valence-corrected chi connectivity index (χ3v) is 4.23. The summed E-state index contributed by atoms with van der Waals surface area (Å²) >= 11 is 0. The van der Waals surface area contributed by atoms with Crippen LogP contribution in [0.1, 0.15) is 31.8 Å². The van der Waals surface area contributed by atoms with Gasteiger partial charge in [-0.15, -0.1) is 0 Å².